The Kier molecular flexibility index (Phi) is 7.23. The monoisotopic (exact) mass is 433 g/mol. The van der Waals surface area contributed by atoms with Crippen LogP contribution < -0.4 is 0 Å². The molecular formula is C22H28FN3O3S. The lowest BCUT2D eigenvalue weighted by Crippen LogP contribution is -2.43. The Balaban J connectivity index is 1.76. The van der Waals surface area contributed by atoms with Crippen LogP contribution in [-0.4, -0.2) is 68.2 Å². The standard InChI is InChI=1S/C22H28FN3O3S/c1-3-24(2)21(18-8-5-4-6-9-18)22(27)25-14-7-15-26(17-16-25)30(28,29)20-12-10-19(23)11-13-20/h4-6,8-13,21H,3,7,14-17H2,1-2H3. The van der Waals surface area contributed by atoms with Crippen molar-refractivity contribution in [3.8, 4) is 0 Å². The SMILES string of the molecule is CCN(C)C(C(=O)N1CCCN(S(=O)(=O)c2ccc(F)cc2)CC1)c1ccccc1. The van der Waals surface area contributed by atoms with Gasteiger partial charge in [0.05, 0.1) is 4.90 Å². The van der Waals surface area contributed by atoms with Gasteiger partial charge in [-0.2, -0.15) is 4.31 Å². The molecule has 6 nitrogen and oxygen atoms in total. The minimum Gasteiger partial charge on any atom is -0.340 e. The summed E-state index contributed by atoms with van der Waals surface area (Å²) in [5.41, 5.74) is 0.923. The molecule has 0 bridgehead atoms. The molecule has 0 spiro atoms. The summed E-state index contributed by atoms with van der Waals surface area (Å²) >= 11 is 0. The second kappa shape index (κ2) is 9.68. The van der Waals surface area contributed by atoms with Gasteiger partial charge in [-0.05, 0) is 49.8 Å². The van der Waals surface area contributed by atoms with Crippen LogP contribution in [0.15, 0.2) is 59.5 Å². The molecule has 1 atom stereocenters. The number of benzene rings is 2. The van der Waals surface area contributed by atoms with E-state index in [2.05, 4.69) is 0 Å². The summed E-state index contributed by atoms with van der Waals surface area (Å²) in [6, 6.07) is 14.1. The van der Waals surface area contributed by atoms with Crippen LogP contribution >= 0.6 is 0 Å². The summed E-state index contributed by atoms with van der Waals surface area (Å²) in [4.78, 5) is 17.2. The van der Waals surface area contributed by atoms with Crippen molar-refractivity contribution in [2.24, 2.45) is 0 Å². The number of nitrogens with zero attached hydrogens (tertiary/aromatic N) is 3. The lowest BCUT2D eigenvalue weighted by atomic mass is 10.0. The van der Waals surface area contributed by atoms with Crippen LogP contribution in [0.25, 0.3) is 0 Å². The first-order valence-electron chi connectivity index (χ1n) is 10.1. The Labute approximate surface area is 177 Å². The van der Waals surface area contributed by atoms with E-state index in [-0.39, 0.29) is 17.3 Å². The third kappa shape index (κ3) is 4.88. The van der Waals surface area contributed by atoms with Crippen molar-refractivity contribution in [2.45, 2.75) is 24.3 Å². The number of carbonyl (C=O) groups is 1. The van der Waals surface area contributed by atoms with Gasteiger partial charge >= 0.3 is 0 Å². The Morgan fingerprint density at radius 1 is 1.03 bits per heavy atom. The quantitative estimate of drug-likeness (QED) is 0.703. The van der Waals surface area contributed by atoms with Gasteiger partial charge in [-0.25, -0.2) is 12.8 Å². The third-order valence-electron chi connectivity index (χ3n) is 5.51. The van der Waals surface area contributed by atoms with Crippen LogP contribution in [-0.2, 0) is 14.8 Å². The maximum absolute atomic E-state index is 13.4. The van der Waals surface area contributed by atoms with Gasteiger partial charge in [0.15, 0.2) is 0 Å². The average molecular weight is 434 g/mol. The van der Waals surface area contributed by atoms with Crippen LogP contribution in [0.5, 0.6) is 0 Å². The highest BCUT2D eigenvalue weighted by Crippen LogP contribution is 2.24. The average Bonchev–Trinajstić information content (AvgIpc) is 3.01. The van der Waals surface area contributed by atoms with Crippen LogP contribution in [0.4, 0.5) is 4.39 Å². The van der Waals surface area contributed by atoms with E-state index in [1.807, 2.05) is 49.2 Å². The fourth-order valence-corrected chi connectivity index (χ4v) is 5.16. The number of hydrogen-bond donors (Lipinski definition) is 0. The first-order valence-corrected chi connectivity index (χ1v) is 11.6. The van der Waals surface area contributed by atoms with Crippen molar-refractivity contribution in [1.82, 2.24) is 14.1 Å². The molecule has 0 N–H and O–H groups in total. The van der Waals surface area contributed by atoms with E-state index in [1.54, 1.807) is 4.90 Å². The van der Waals surface area contributed by atoms with Crippen molar-refractivity contribution < 1.29 is 17.6 Å². The summed E-state index contributed by atoms with van der Waals surface area (Å²) in [5.74, 6) is -0.500. The van der Waals surface area contributed by atoms with Crippen LogP contribution in [0, 0.1) is 5.82 Å². The van der Waals surface area contributed by atoms with Crippen molar-refractivity contribution >= 4 is 15.9 Å². The highest BCUT2D eigenvalue weighted by atomic mass is 32.2. The molecule has 2 aromatic carbocycles. The Bertz CT molecular complexity index is 951. The minimum absolute atomic E-state index is 0.0217. The normalized spacial score (nSPS) is 17.0. The molecule has 1 fully saturated rings. The molecule has 1 heterocycles. The predicted molar refractivity (Wildman–Crippen MR) is 114 cm³/mol. The first-order chi connectivity index (χ1) is 14.3. The molecule has 8 heteroatoms. The molecule has 0 aromatic heterocycles. The van der Waals surface area contributed by atoms with E-state index >= 15 is 0 Å². The Morgan fingerprint density at radius 2 is 1.70 bits per heavy atom. The largest absolute Gasteiger partial charge is 0.340 e. The van der Waals surface area contributed by atoms with Crippen molar-refractivity contribution in [3.63, 3.8) is 0 Å². The van der Waals surface area contributed by atoms with Gasteiger partial charge in [0.1, 0.15) is 11.9 Å². The smallest absolute Gasteiger partial charge is 0.244 e. The number of carbonyl (C=O) groups excluding carboxylic acids is 1. The maximum Gasteiger partial charge on any atom is 0.244 e. The number of hydrogen-bond acceptors (Lipinski definition) is 4. The number of sulfonamides is 1. The highest BCUT2D eigenvalue weighted by molar-refractivity contribution is 7.89. The van der Waals surface area contributed by atoms with Gasteiger partial charge < -0.3 is 4.90 Å². The highest BCUT2D eigenvalue weighted by Gasteiger charge is 2.32. The molecule has 30 heavy (non-hydrogen) atoms. The van der Waals surface area contributed by atoms with Crippen molar-refractivity contribution in [3.05, 3.63) is 66.0 Å². The molecule has 1 aliphatic rings. The molecule has 162 valence electrons. The van der Waals surface area contributed by atoms with E-state index in [9.17, 15) is 17.6 Å². The second-order valence-corrected chi connectivity index (χ2v) is 9.36. The van der Waals surface area contributed by atoms with Crippen LogP contribution in [0.1, 0.15) is 24.9 Å². The van der Waals surface area contributed by atoms with Crippen LogP contribution in [0.3, 0.4) is 0 Å². The van der Waals surface area contributed by atoms with Crippen molar-refractivity contribution in [1.29, 1.82) is 0 Å². The maximum atomic E-state index is 13.4. The zero-order valence-electron chi connectivity index (χ0n) is 17.4. The molecule has 0 aliphatic carbocycles. The zero-order chi connectivity index (χ0) is 21.7. The fraction of sp³-hybridized carbons (Fsp3) is 0.409. The van der Waals surface area contributed by atoms with Gasteiger partial charge in [0.25, 0.3) is 0 Å². The van der Waals surface area contributed by atoms with E-state index < -0.39 is 21.9 Å². The lowest BCUT2D eigenvalue weighted by molar-refractivity contribution is -0.136. The number of halogens is 1. The molecule has 0 saturated carbocycles. The van der Waals surface area contributed by atoms with Gasteiger partial charge in [0.2, 0.25) is 15.9 Å². The van der Waals surface area contributed by atoms with Crippen LogP contribution in [0.2, 0.25) is 0 Å². The Morgan fingerprint density at radius 3 is 2.33 bits per heavy atom. The summed E-state index contributed by atoms with van der Waals surface area (Å²) < 4.78 is 40.4. The topological polar surface area (TPSA) is 60.9 Å². The van der Waals surface area contributed by atoms with E-state index in [0.29, 0.717) is 32.6 Å². The molecule has 1 amide bonds. The number of likely N-dealkylation sites (N-methyl/N-ethyl adjacent to an activating group) is 1. The van der Waals surface area contributed by atoms with Gasteiger partial charge in [-0.3, -0.25) is 9.69 Å². The second-order valence-electron chi connectivity index (χ2n) is 7.42. The zero-order valence-corrected chi connectivity index (χ0v) is 18.2. The summed E-state index contributed by atoms with van der Waals surface area (Å²) in [7, 11) is -1.81. The first kappa shape index (κ1) is 22.4. The molecule has 1 saturated heterocycles. The lowest BCUT2D eigenvalue weighted by Gasteiger charge is -2.31. The third-order valence-corrected chi connectivity index (χ3v) is 7.42. The summed E-state index contributed by atoms with van der Waals surface area (Å²) in [5, 5.41) is 0. The molecular weight excluding hydrogens is 405 g/mol. The fourth-order valence-electron chi connectivity index (χ4n) is 3.69. The van der Waals surface area contributed by atoms with E-state index in [1.165, 1.54) is 16.4 Å². The van der Waals surface area contributed by atoms with E-state index in [0.717, 1.165) is 17.7 Å². The molecule has 1 aliphatic heterocycles. The van der Waals surface area contributed by atoms with Gasteiger partial charge in [0, 0.05) is 26.2 Å². The van der Waals surface area contributed by atoms with Crippen molar-refractivity contribution in [2.75, 3.05) is 39.8 Å². The number of rotatable bonds is 6. The van der Waals surface area contributed by atoms with E-state index in [4.69, 9.17) is 0 Å². The predicted octanol–water partition coefficient (Wildman–Crippen LogP) is 2.74. The minimum atomic E-state index is -3.73. The summed E-state index contributed by atoms with van der Waals surface area (Å²) in [6.45, 7) is 4.06. The molecule has 1 unspecified atom stereocenters. The Hall–Kier alpha value is -2.29. The summed E-state index contributed by atoms with van der Waals surface area (Å²) in [6.07, 6.45) is 0.545. The number of amides is 1. The van der Waals surface area contributed by atoms with Gasteiger partial charge in [-0.1, -0.05) is 37.3 Å². The molecule has 0 radical (unpaired) electrons. The molecule has 3 rings (SSSR count). The molecule has 2 aromatic rings. The van der Waals surface area contributed by atoms with Gasteiger partial charge in [-0.15, -0.1) is 0 Å².